The molecule has 0 bridgehead atoms. The molecule has 0 saturated heterocycles. The smallest absolute Gasteiger partial charge is 0.223 e. The highest BCUT2D eigenvalue weighted by molar-refractivity contribution is 5.98. The molecule has 254 valence electrons. The van der Waals surface area contributed by atoms with Crippen LogP contribution in [0.1, 0.15) is 120 Å². The van der Waals surface area contributed by atoms with Crippen LogP contribution in [0.15, 0.2) is 54.6 Å². The molecule has 2 saturated carbocycles. The van der Waals surface area contributed by atoms with Gasteiger partial charge < -0.3 is 15.1 Å². The van der Waals surface area contributed by atoms with Crippen molar-refractivity contribution in [3.63, 3.8) is 0 Å². The van der Waals surface area contributed by atoms with Crippen molar-refractivity contribution in [1.29, 1.82) is 0 Å². The number of aliphatic hydroxyl groups is 1. The Kier molecular flexibility index (Phi) is 10.6. The van der Waals surface area contributed by atoms with E-state index < -0.39 is 12.3 Å². The molecule has 0 spiro atoms. The molecule has 3 aromatic carbocycles. The number of amides is 1. The van der Waals surface area contributed by atoms with Crippen LogP contribution in [0.4, 0.5) is 10.1 Å². The first-order chi connectivity index (χ1) is 22.7. The highest BCUT2D eigenvalue weighted by Crippen LogP contribution is 2.63. The Labute approximate surface area is 281 Å². The Hall–Kier alpha value is -2.92. The van der Waals surface area contributed by atoms with E-state index in [-0.39, 0.29) is 28.9 Å². The third kappa shape index (κ3) is 6.84. The molecule has 0 aromatic heterocycles. The van der Waals surface area contributed by atoms with Crippen LogP contribution in [-0.4, -0.2) is 34.9 Å². The molecule has 3 aliphatic carbocycles. The van der Waals surface area contributed by atoms with Crippen molar-refractivity contribution in [2.75, 3.05) is 11.4 Å². The van der Waals surface area contributed by atoms with Crippen molar-refractivity contribution >= 4 is 22.4 Å². The van der Waals surface area contributed by atoms with E-state index >= 15 is 4.39 Å². The summed E-state index contributed by atoms with van der Waals surface area (Å²) in [5.41, 5.74) is 4.13. The van der Waals surface area contributed by atoms with Crippen LogP contribution in [0, 0.1) is 23.2 Å². The fourth-order valence-electron chi connectivity index (χ4n) is 10.1. The maximum Gasteiger partial charge on any atom is 0.223 e. The first-order valence-electron chi connectivity index (χ1n) is 18.7. The quantitative estimate of drug-likeness (QED) is 0.183. The van der Waals surface area contributed by atoms with Crippen LogP contribution in [-0.2, 0) is 17.6 Å². The topological polar surface area (TPSA) is 60.8 Å². The van der Waals surface area contributed by atoms with Gasteiger partial charge in [0.1, 0.15) is 11.9 Å². The predicted octanol–water partition coefficient (Wildman–Crippen LogP) is 10.1. The number of fused-ring (bicyclic) bond motifs is 6. The molecule has 6 rings (SSSR count). The molecule has 3 unspecified atom stereocenters. The zero-order valence-electron chi connectivity index (χ0n) is 28.9. The van der Waals surface area contributed by atoms with Gasteiger partial charge in [-0.25, -0.2) is 4.39 Å². The van der Waals surface area contributed by atoms with Crippen LogP contribution < -0.4 is 4.90 Å². The molecule has 2 fully saturated rings. The van der Waals surface area contributed by atoms with E-state index in [9.17, 15) is 15.0 Å². The van der Waals surface area contributed by atoms with E-state index in [0.29, 0.717) is 18.3 Å². The van der Waals surface area contributed by atoms with Gasteiger partial charge in [0.2, 0.25) is 5.91 Å². The number of hydrogen-bond acceptors (Lipinski definition) is 3. The van der Waals surface area contributed by atoms with Crippen LogP contribution >= 0.6 is 0 Å². The lowest BCUT2D eigenvalue weighted by Gasteiger charge is -2.54. The normalized spacial score (nSPS) is 28.1. The molecule has 7 atom stereocenters. The number of anilines is 1. The highest BCUT2D eigenvalue weighted by Gasteiger charge is 2.59. The number of hydrogen-bond donors (Lipinski definition) is 2. The number of benzene rings is 3. The first kappa shape index (κ1) is 34.0. The number of unbranched alkanes of at least 4 members (excludes halogenated alkanes) is 6. The SMILES string of the molecule is CCCCCCCCN(C(C)=O)c1ccc2ccccc2c1CCCC[C@@H]1Cc2cc(O)ccc2C2C1C1CC[C@H](O)[C@@]1(C)C[C@@H]2F. The molecule has 0 aliphatic heterocycles. The zero-order valence-corrected chi connectivity index (χ0v) is 28.9. The number of halogens is 1. The van der Waals surface area contributed by atoms with Gasteiger partial charge in [0.25, 0.3) is 0 Å². The fraction of sp³-hybridized carbons (Fsp3) is 0.595. The third-order valence-corrected chi connectivity index (χ3v) is 12.4. The number of nitrogens with zero attached hydrogens (tertiary/aromatic N) is 1. The van der Waals surface area contributed by atoms with Crippen LogP contribution in [0.5, 0.6) is 5.75 Å². The van der Waals surface area contributed by atoms with Gasteiger partial charge in [-0.2, -0.15) is 0 Å². The number of carbonyl (C=O) groups excluding carboxylic acids is 1. The van der Waals surface area contributed by atoms with Crippen molar-refractivity contribution in [3.8, 4) is 5.75 Å². The van der Waals surface area contributed by atoms with Crippen molar-refractivity contribution < 1.29 is 19.4 Å². The number of carbonyl (C=O) groups is 1. The fourth-order valence-corrected chi connectivity index (χ4v) is 10.1. The Bertz CT molecular complexity index is 1540. The number of aromatic hydroxyl groups is 1. The second kappa shape index (κ2) is 14.7. The number of phenolic OH excluding ortho intramolecular Hbond substituents is 1. The average Bonchev–Trinajstić information content (AvgIpc) is 3.35. The van der Waals surface area contributed by atoms with Gasteiger partial charge in [-0.3, -0.25) is 4.79 Å². The predicted molar refractivity (Wildman–Crippen MR) is 191 cm³/mol. The maximum atomic E-state index is 16.2. The van der Waals surface area contributed by atoms with Gasteiger partial charge in [-0.15, -0.1) is 0 Å². The molecular weight excluding hydrogens is 585 g/mol. The number of aliphatic hydroxyl groups excluding tert-OH is 1. The van der Waals surface area contributed by atoms with Gasteiger partial charge in [0, 0.05) is 25.1 Å². The largest absolute Gasteiger partial charge is 0.508 e. The van der Waals surface area contributed by atoms with E-state index in [1.807, 2.05) is 17.0 Å². The molecule has 5 heteroatoms. The molecule has 2 N–H and O–H groups in total. The lowest BCUT2D eigenvalue weighted by molar-refractivity contribution is -0.116. The summed E-state index contributed by atoms with van der Waals surface area (Å²) in [5.74, 6) is 1.03. The summed E-state index contributed by atoms with van der Waals surface area (Å²) in [6, 6.07) is 18.4. The lowest BCUT2D eigenvalue weighted by Crippen LogP contribution is -2.51. The minimum absolute atomic E-state index is 0.102. The lowest BCUT2D eigenvalue weighted by atomic mass is 9.51. The zero-order chi connectivity index (χ0) is 33.1. The Morgan fingerprint density at radius 3 is 2.57 bits per heavy atom. The van der Waals surface area contributed by atoms with Crippen molar-refractivity contribution in [1.82, 2.24) is 0 Å². The number of aryl methyl sites for hydroxylation is 1. The average molecular weight is 642 g/mol. The molecule has 0 radical (unpaired) electrons. The number of phenols is 1. The second-order valence-electron chi connectivity index (χ2n) is 15.3. The first-order valence-corrected chi connectivity index (χ1v) is 18.7. The molecule has 4 nitrogen and oxygen atoms in total. The highest BCUT2D eigenvalue weighted by atomic mass is 19.1. The van der Waals surface area contributed by atoms with E-state index in [1.54, 1.807) is 13.0 Å². The summed E-state index contributed by atoms with van der Waals surface area (Å²) in [6.45, 7) is 6.82. The summed E-state index contributed by atoms with van der Waals surface area (Å²) in [4.78, 5) is 15.0. The summed E-state index contributed by atoms with van der Waals surface area (Å²) >= 11 is 0. The van der Waals surface area contributed by atoms with Gasteiger partial charge in [0.15, 0.2) is 0 Å². The van der Waals surface area contributed by atoms with Crippen LogP contribution in [0.25, 0.3) is 10.8 Å². The molecule has 1 amide bonds. The Morgan fingerprint density at radius 2 is 1.77 bits per heavy atom. The summed E-state index contributed by atoms with van der Waals surface area (Å²) < 4.78 is 16.2. The molecule has 3 aromatic rings. The summed E-state index contributed by atoms with van der Waals surface area (Å²) in [6.07, 6.45) is 12.7. The van der Waals surface area contributed by atoms with Gasteiger partial charge >= 0.3 is 0 Å². The van der Waals surface area contributed by atoms with Crippen molar-refractivity contribution in [2.45, 2.75) is 129 Å². The van der Waals surface area contributed by atoms with E-state index in [4.69, 9.17) is 0 Å². The summed E-state index contributed by atoms with van der Waals surface area (Å²) in [5, 5.41) is 23.8. The van der Waals surface area contributed by atoms with Crippen LogP contribution in [0.3, 0.4) is 0 Å². The van der Waals surface area contributed by atoms with E-state index in [1.165, 1.54) is 42.0 Å². The second-order valence-corrected chi connectivity index (χ2v) is 15.3. The molecular formula is C42H56FNO3. The summed E-state index contributed by atoms with van der Waals surface area (Å²) in [7, 11) is 0. The molecule has 47 heavy (non-hydrogen) atoms. The maximum absolute atomic E-state index is 16.2. The van der Waals surface area contributed by atoms with E-state index in [0.717, 1.165) is 81.1 Å². The Balaban J connectivity index is 1.21. The van der Waals surface area contributed by atoms with Gasteiger partial charge in [-0.1, -0.05) is 88.8 Å². The number of rotatable bonds is 13. The third-order valence-electron chi connectivity index (χ3n) is 12.4. The molecule has 0 heterocycles. The molecule has 3 aliphatic rings. The van der Waals surface area contributed by atoms with Crippen LogP contribution in [0.2, 0.25) is 0 Å². The minimum atomic E-state index is -0.984. The van der Waals surface area contributed by atoms with Crippen molar-refractivity contribution in [2.24, 2.45) is 23.2 Å². The van der Waals surface area contributed by atoms with Crippen molar-refractivity contribution in [3.05, 3.63) is 71.3 Å². The van der Waals surface area contributed by atoms with Gasteiger partial charge in [-0.05, 0) is 120 Å². The minimum Gasteiger partial charge on any atom is -0.508 e. The Morgan fingerprint density at radius 1 is 0.979 bits per heavy atom. The number of alkyl halides is 1. The van der Waals surface area contributed by atoms with E-state index in [2.05, 4.69) is 50.2 Å². The standard InChI is InChI=1S/C42H56FNO3/c1-4-5-6-7-8-13-24-44(28(2)45)38-22-18-29-14-9-11-16-33(29)35(38)17-12-10-15-30-25-31-26-32(46)19-20-34(31)41-37(43)27-42(3)36(40(30)41)21-23-39(42)47/h9,11,14,16,18-20,22,26,30,36-37,39-41,46-47H,4-8,10,12-13,15,17,21,23-25,27H2,1-3H3/t30-,36?,37+,39+,40?,41?,42+/m1/s1. The monoisotopic (exact) mass is 641 g/mol. The van der Waals surface area contributed by atoms with Gasteiger partial charge in [0.05, 0.1) is 6.10 Å².